The molecule has 0 unspecified atom stereocenters. The van der Waals surface area contributed by atoms with Crippen LogP contribution in [0.2, 0.25) is 5.02 Å². The van der Waals surface area contributed by atoms with Crippen LogP contribution in [0.4, 0.5) is 29.3 Å². The van der Waals surface area contributed by atoms with E-state index in [1.54, 1.807) is 6.07 Å². The molecule has 0 heterocycles. The maximum Gasteiger partial charge on any atom is 0.418 e. The third-order valence-corrected chi connectivity index (χ3v) is 3.13. The Balaban J connectivity index is 2.20. The molecule has 4 nitrogen and oxygen atoms in total. The molecule has 2 aromatic carbocycles. The van der Waals surface area contributed by atoms with Gasteiger partial charge < -0.3 is 15.4 Å². The van der Waals surface area contributed by atoms with Crippen LogP contribution < -0.4 is 15.4 Å². The van der Waals surface area contributed by atoms with Crippen molar-refractivity contribution in [3.05, 3.63) is 53.1 Å². The summed E-state index contributed by atoms with van der Waals surface area (Å²) < 4.78 is 43.7. The predicted octanol–water partition coefficient (Wildman–Crippen LogP) is 5.01. The molecule has 8 heteroatoms. The minimum atomic E-state index is -4.57. The molecule has 0 atom stereocenters. The molecule has 0 aliphatic carbocycles. The van der Waals surface area contributed by atoms with E-state index in [4.69, 9.17) is 16.3 Å². The summed E-state index contributed by atoms with van der Waals surface area (Å²) in [6, 6.07) is 8.35. The van der Waals surface area contributed by atoms with Gasteiger partial charge in [0.1, 0.15) is 5.75 Å². The lowest BCUT2D eigenvalue weighted by atomic mass is 10.1. The SMILES string of the molecule is COc1ccc(Cl)cc1NC(=O)Nc1ccccc1C(F)(F)F. The van der Waals surface area contributed by atoms with Crippen LogP contribution in [-0.2, 0) is 6.18 Å². The highest BCUT2D eigenvalue weighted by molar-refractivity contribution is 6.31. The molecule has 0 fully saturated rings. The Bertz CT molecular complexity index is 720. The second kappa shape index (κ2) is 6.78. The number of amides is 2. The number of urea groups is 1. The third-order valence-electron chi connectivity index (χ3n) is 2.89. The first kappa shape index (κ1) is 17.0. The van der Waals surface area contributed by atoms with Gasteiger partial charge in [0.15, 0.2) is 0 Å². The van der Waals surface area contributed by atoms with E-state index < -0.39 is 17.8 Å². The van der Waals surface area contributed by atoms with Gasteiger partial charge in [-0.1, -0.05) is 23.7 Å². The van der Waals surface area contributed by atoms with Gasteiger partial charge in [-0.25, -0.2) is 4.79 Å². The van der Waals surface area contributed by atoms with Crippen molar-refractivity contribution in [2.45, 2.75) is 6.18 Å². The van der Waals surface area contributed by atoms with Crippen LogP contribution in [0.5, 0.6) is 5.75 Å². The molecule has 2 aromatic rings. The maximum atomic E-state index is 12.9. The number of nitrogens with one attached hydrogen (secondary N) is 2. The largest absolute Gasteiger partial charge is 0.495 e. The zero-order valence-electron chi connectivity index (χ0n) is 11.9. The number of hydrogen-bond acceptors (Lipinski definition) is 2. The summed E-state index contributed by atoms with van der Waals surface area (Å²) in [5.41, 5.74) is -1.05. The number of ether oxygens (including phenoxy) is 1. The Kier molecular flexibility index (Phi) is 5.00. The molecule has 0 bridgehead atoms. The average Bonchev–Trinajstić information content (AvgIpc) is 2.47. The van der Waals surface area contributed by atoms with Crippen molar-refractivity contribution in [3.63, 3.8) is 0 Å². The van der Waals surface area contributed by atoms with Crippen LogP contribution >= 0.6 is 11.6 Å². The molecule has 0 saturated carbocycles. The van der Waals surface area contributed by atoms with Crippen molar-refractivity contribution in [3.8, 4) is 5.75 Å². The lowest BCUT2D eigenvalue weighted by molar-refractivity contribution is -0.136. The van der Waals surface area contributed by atoms with Gasteiger partial charge in [-0.05, 0) is 30.3 Å². The Labute approximate surface area is 135 Å². The quantitative estimate of drug-likeness (QED) is 0.822. The first-order chi connectivity index (χ1) is 10.8. The summed E-state index contributed by atoms with van der Waals surface area (Å²) in [6.45, 7) is 0. The summed E-state index contributed by atoms with van der Waals surface area (Å²) in [6.07, 6.45) is -4.57. The number of methoxy groups -OCH3 is 1. The summed E-state index contributed by atoms with van der Waals surface area (Å²) in [5.74, 6) is 0.327. The normalized spacial score (nSPS) is 11.0. The smallest absolute Gasteiger partial charge is 0.418 e. The van der Waals surface area contributed by atoms with E-state index in [9.17, 15) is 18.0 Å². The van der Waals surface area contributed by atoms with E-state index >= 15 is 0 Å². The van der Waals surface area contributed by atoms with E-state index in [-0.39, 0.29) is 11.4 Å². The van der Waals surface area contributed by atoms with Crippen LogP contribution in [0.15, 0.2) is 42.5 Å². The molecule has 122 valence electrons. The van der Waals surface area contributed by atoms with Crippen molar-refractivity contribution in [2.75, 3.05) is 17.7 Å². The summed E-state index contributed by atoms with van der Waals surface area (Å²) in [4.78, 5) is 12.0. The standard InChI is InChI=1S/C15H12ClF3N2O2/c1-23-13-7-6-9(16)8-12(13)21-14(22)20-11-5-3-2-4-10(11)15(17,18)19/h2-8H,1H3,(H2,20,21,22). The fraction of sp³-hybridized carbons (Fsp3) is 0.133. The van der Waals surface area contributed by atoms with Crippen LogP contribution in [0.1, 0.15) is 5.56 Å². The van der Waals surface area contributed by atoms with Gasteiger partial charge in [-0.15, -0.1) is 0 Å². The number of carbonyl (C=O) groups excluding carboxylic acids is 1. The van der Waals surface area contributed by atoms with E-state index in [2.05, 4.69) is 10.6 Å². The summed E-state index contributed by atoms with van der Waals surface area (Å²) >= 11 is 5.83. The molecule has 2 N–H and O–H groups in total. The molecule has 0 radical (unpaired) electrons. The molecule has 0 spiro atoms. The van der Waals surface area contributed by atoms with Crippen molar-refractivity contribution in [1.82, 2.24) is 0 Å². The number of carbonyl (C=O) groups is 1. The zero-order valence-corrected chi connectivity index (χ0v) is 12.6. The van der Waals surface area contributed by atoms with Gasteiger partial charge in [0, 0.05) is 5.02 Å². The number of hydrogen-bond donors (Lipinski definition) is 2. The zero-order chi connectivity index (χ0) is 17.0. The number of para-hydroxylation sites is 1. The summed E-state index contributed by atoms with van der Waals surface area (Å²) in [7, 11) is 1.39. The molecule has 0 aromatic heterocycles. The maximum absolute atomic E-state index is 12.9. The lowest BCUT2D eigenvalue weighted by Gasteiger charge is -2.15. The lowest BCUT2D eigenvalue weighted by Crippen LogP contribution is -2.22. The predicted molar refractivity (Wildman–Crippen MR) is 82.1 cm³/mol. The molecule has 0 aliphatic heterocycles. The topological polar surface area (TPSA) is 50.4 Å². The Morgan fingerprint density at radius 3 is 2.39 bits per heavy atom. The Hall–Kier alpha value is -2.41. The highest BCUT2D eigenvalue weighted by Gasteiger charge is 2.33. The minimum absolute atomic E-state index is 0.238. The highest BCUT2D eigenvalue weighted by atomic mass is 35.5. The molecule has 23 heavy (non-hydrogen) atoms. The van der Waals surface area contributed by atoms with Gasteiger partial charge >= 0.3 is 12.2 Å². The van der Waals surface area contributed by atoms with Gasteiger partial charge in [-0.2, -0.15) is 13.2 Å². The number of halogens is 4. The Morgan fingerprint density at radius 1 is 1.09 bits per heavy atom. The van der Waals surface area contributed by atoms with Crippen LogP contribution in [0, 0.1) is 0 Å². The molecular weight excluding hydrogens is 333 g/mol. The molecular formula is C15H12ClF3N2O2. The number of alkyl halides is 3. The monoisotopic (exact) mass is 344 g/mol. The first-order valence-electron chi connectivity index (χ1n) is 6.39. The number of rotatable bonds is 3. The van der Waals surface area contributed by atoms with E-state index in [0.717, 1.165) is 12.1 Å². The van der Waals surface area contributed by atoms with Crippen molar-refractivity contribution in [2.24, 2.45) is 0 Å². The fourth-order valence-electron chi connectivity index (χ4n) is 1.89. The fourth-order valence-corrected chi connectivity index (χ4v) is 2.07. The van der Waals surface area contributed by atoms with E-state index in [1.165, 1.54) is 31.4 Å². The van der Waals surface area contributed by atoms with Crippen LogP contribution in [0.25, 0.3) is 0 Å². The van der Waals surface area contributed by atoms with Crippen molar-refractivity contribution < 1.29 is 22.7 Å². The molecule has 2 rings (SSSR count). The Morgan fingerprint density at radius 2 is 1.74 bits per heavy atom. The second-order valence-corrected chi connectivity index (χ2v) is 4.90. The average molecular weight is 345 g/mol. The molecule has 0 aliphatic rings. The van der Waals surface area contributed by atoms with Gasteiger partial charge in [-0.3, -0.25) is 0 Å². The third kappa shape index (κ3) is 4.29. The van der Waals surface area contributed by atoms with Crippen LogP contribution in [-0.4, -0.2) is 13.1 Å². The van der Waals surface area contributed by atoms with Crippen LogP contribution in [0.3, 0.4) is 0 Å². The number of anilines is 2. The van der Waals surface area contributed by atoms with Crippen molar-refractivity contribution in [1.29, 1.82) is 0 Å². The van der Waals surface area contributed by atoms with Crippen molar-refractivity contribution >= 4 is 29.0 Å². The second-order valence-electron chi connectivity index (χ2n) is 4.47. The first-order valence-corrected chi connectivity index (χ1v) is 6.77. The van der Waals surface area contributed by atoms with E-state index in [1.807, 2.05) is 0 Å². The van der Waals surface area contributed by atoms with Gasteiger partial charge in [0.25, 0.3) is 0 Å². The number of benzene rings is 2. The van der Waals surface area contributed by atoms with Gasteiger partial charge in [0.05, 0.1) is 24.0 Å². The van der Waals surface area contributed by atoms with Gasteiger partial charge in [0.2, 0.25) is 0 Å². The molecule has 0 saturated heterocycles. The summed E-state index contributed by atoms with van der Waals surface area (Å²) in [5, 5.41) is 4.91. The molecule has 2 amide bonds. The highest BCUT2D eigenvalue weighted by Crippen LogP contribution is 2.35. The van der Waals surface area contributed by atoms with E-state index in [0.29, 0.717) is 10.8 Å². The minimum Gasteiger partial charge on any atom is -0.495 e.